The van der Waals surface area contributed by atoms with Gasteiger partial charge in [0.15, 0.2) is 11.5 Å². The number of carboxylic acid groups (broad SMARTS) is 1. The molecule has 0 aliphatic heterocycles. The average Bonchev–Trinajstić information content (AvgIpc) is 2.86. The van der Waals surface area contributed by atoms with E-state index in [1.807, 2.05) is 0 Å². The third-order valence-electron chi connectivity index (χ3n) is 2.57. The molecule has 9 heteroatoms. The number of alkyl halides is 3. The Bertz CT molecular complexity index is 696. The summed E-state index contributed by atoms with van der Waals surface area (Å²) >= 11 is 2.98. The molecule has 0 saturated carbocycles. The molecule has 0 fully saturated rings. The zero-order valence-corrected chi connectivity index (χ0v) is 11.9. The summed E-state index contributed by atoms with van der Waals surface area (Å²) in [4.78, 5) is 10.7. The van der Waals surface area contributed by atoms with Crippen LogP contribution in [0.3, 0.4) is 0 Å². The van der Waals surface area contributed by atoms with Crippen molar-refractivity contribution in [2.75, 3.05) is 7.11 Å². The molecular formula is C12H7BrF3NO4. The molecule has 2 rings (SSSR count). The van der Waals surface area contributed by atoms with Crippen molar-refractivity contribution in [3.8, 4) is 17.1 Å². The molecule has 0 bridgehead atoms. The number of nitrogens with zero attached hydrogens (tertiary/aromatic N) is 1. The van der Waals surface area contributed by atoms with E-state index in [0.717, 1.165) is 19.2 Å². The molecule has 1 N–H and O–H groups in total. The van der Waals surface area contributed by atoms with Crippen molar-refractivity contribution < 1.29 is 32.3 Å². The fourth-order valence-electron chi connectivity index (χ4n) is 1.67. The standard InChI is InChI=1S/C12H7BrF3NO4/c1-20-10-6(12(14,15)16)2-5(3-7(10)13)9-4-8(11(18)19)17-21-9/h2-4H,1H3,(H,18,19). The molecule has 112 valence electrons. The van der Waals surface area contributed by atoms with E-state index in [-0.39, 0.29) is 21.5 Å². The molecule has 0 spiro atoms. The highest BCUT2D eigenvalue weighted by atomic mass is 79.9. The third-order valence-corrected chi connectivity index (χ3v) is 3.16. The molecule has 0 amide bonds. The summed E-state index contributed by atoms with van der Waals surface area (Å²) in [5.41, 5.74) is -1.39. The topological polar surface area (TPSA) is 72.6 Å². The van der Waals surface area contributed by atoms with E-state index >= 15 is 0 Å². The van der Waals surface area contributed by atoms with Gasteiger partial charge in [0.1, 0.15) is 5.75 Å². The zero-order valence-electron chi connectivity index (χ0n) is 10.4. The maximum Gasteiger partial charge on any atom is 0.420 e. The van der Waals surface area contributed by atoms with Gasteiger partial charge in [0.05, 0.1) is 17.1 Å². The molecule has 5 nitrogen and oxygen atoms in total. The van der Waals surface area contributed by atoms with Crippen molar-refractivity contribution >= 4 is 21.9 Å². The van der Waals surface area contributed by atoms with E-state index in [2.05, 4.69) is 21.1 Å². The summed E-state index contributed by atoms with van der Waals surface area (Å²) in [6.45, 7) is 0. The summed E-state index contributed by atoms with van der Waals surface area (Å²) in [5.74, 6) is -1.81. The second-order valence-electron chi connectivity index (χ2n) is 3.92. The van der Waals surface area contributed by atoms with E-state index in [0.29, 0.717) is 0 Å². The Hall–Kier alpha value is -2.03. The predicted octanol–water partition coefficient (Wildman–Crippen LogP) is 3.83. The first-order valence-electron chi connectivity index (χ1n) is 5.39. The van der Waals surface area contributed by atoms with Crippen LogP contribution in [0.15, 0.2) is 27.2 Å². The van der Waals surface area contributed by atoms with Crippen molar-refractivity contribution in [3.63, 3.8) is 0 Å². The van der Waals surface area contributed by atoms with Gasteiger partial charge in [-0.25, -0.2) is 4.79 Å². The molecule has 1 heterocycles. The van der Waals surface area contributed by atoms with Gasteiger partial charge in [-0.1, -0.05) is 5.16 Å². The smallest absolute Gasteiger partial charge is 0.420 e. The Morgan fingerprint density at radius 1 is 1.38 bits per heavy atom. The molecule has 0 aliphatic carbocycles. The van der Waals surface area contributed by atoms with Gasteiger partial charge in [0, 0.05) is 11.6 Å². The Morgan fingerprint density at radius 3 is 2.52 bits per heavy atom. The fraction of sp³-hybridized carbons (Fsp3) is 0.167. The van der Waals surface area contributed by atoms with E-state index in [1.165, 1.54) is 6.07 Å². The van der Waals surface area contributed by atoms with Gasteiger partial charge in [0.2, 0.25) is 0 Å². The lowest BCUT2D eigenvalue weighted by Crippen LogP contribution is -2.08. The van der Waals surface area contributed by atoms with Crippen LogP contribution >= 0.6 is 15.9 Å². The van der Waals surface area contributed by atoms with Crippen molar-refractivity contribution in [1.82, 2.24) is 5.16 Å². The molecule has 0 atom stereocenters. The SMILES string of the molecule is COc1c(Br)cc(-c2cc(C(=O)O)no2)cc1C(F)(F)F. The maximum atomic E-state index is 13.0. The quantitative estimate of drug-likeness (QED) is 0.894. The number of hydrogen-bond donors (Lipinski definition) is 1. The Morgan fingerprint density at radius 2 is 2.05 bits per heavy atom. The first-order valence-corrected chi connectivity index (χ1v) is 6.18. The number of methoxy groups -OCH3 is 1. The monoisotopic (exact) mass is 365 g/mol. The lowest BCUT2D eigenvalue weighted by Gasteiger charge is -2.14. The summed E-state index contributed by atoms with van der Waals surface area (Å²) in [7, 11) is 1.12. The third kappa shape index (κ3) is 3.02. The number of aromatic nitrogens is 1. The lowest BCUT2D eigenvalue weighted by molar-refractivity contribution is -0.138. The Balaban J connectivity index is 2.59. The highest BCUT2D eigenvalue weighted by Gasteiger charge is 2.36. The van der Waals surface area contributed by atoms with Crippen LogP contribution < -0.4 is 4.74 Å². The molecule has 0 unspecified atom stereocenters. The van der Waals surface area contributed by atoms with Crippen LogP contribution in [0, 0.1) is 0 Å². The molecule has 0 radical (unpaired) electrons. The van der Waals surface area contributed by atoms with Crippen LogP contribution in [0.25, 0.3) is 11.3 Å². The Labute approximate surface area is 124 Å². The van der Waals surface area contributed by atoms with Crippen LogP contribution in [-0.4, -0.2) is 23.3 Å². The maximum absolute atomic E-state index is 13.0. The van der Waals surface area contributed by atoms with Crippen molar-refractivity contribution in [1.29, 1.82) is 0 Å². The van der Waals surface area contributed by atoms with Crippen molar-refractivity contribution in [2.45, 2.75) is 6.18 Å². The highest BCUT2D eigenvalue weighted by molar-refractivity contribution is 9.10. The first-order chi connectivity index (χ1) is 9.74. The van der Waals surface area contributed by atoms with E-state index in [9.17, 15) is 18.0 Å². The van der Waals surface area contributed by atoms with E-state index in [4.69, 9.17) is 14.4 Å². The number of benzene rings is 1. The van der Waals surface area contributed by atoms with Gasteiger partial charge in [-0.2, -0.15) is 13.2 Å². The number of rotatable bonds is 3. The Kier molecular flexibility index (Phi) is 3.95. The lowest BCUT2D eigenvalue weighted by atomic mass is 10.1. The average molecular weight is 366 g/mol. The minimum atomic E-state index is -4.64. The largest absolute Gasteiger partial charge is 0.495 e. The number of hydrogen-bond acceptors (Lipinski definition) is 4. The molecule has 0 aliphatic rings. The van der Waals surface area contributed by atoms with Crippen LogP contribution in [0.1, 0.15) is 16.1 Å². The number of halogens is 4. The summed E-state index contributed by atoms with van der Waals surface area (Å²) in [6, 6.07) is 3.16. The van der Waals surface area contributed by atoms with Crippen molar-refractivity contribution in [3.05, 3.63) is 33.9 Å². The van der Waals surface area contributed by atoms with Crippen molar-refractivity contribution in [2.24, 2.45) is 0 Å². The highest BCUT2D eigenvalue weighted by Crippen LogP contribution is 2.43. The second-order valence-corrected chi connectivity index (χ2v) is 4.77. The summed E-state index contributed by atoms with van der Waals surface area (Å²) < 4.78 is 48.5. The number of carboxylic acids is 1. The van der Waals surface area contributed by atoms with Gasteiger partial charge in [-0.3, -0.25) is 0 Å². The van der Waals surface area contributed by atoms with E-state index < -0.39 is 23.4 Å². The van der Waals surface area contributed by atoms with Gasteiger partial charge < -0.3 is 14.4 Å². The number of carbonyl (C=O) groups is 1. The normalized spacial score (nSPS) is 11.5. The van der Waals surface area contributed by atoms with Crippen LogP contribution in [0.2, 0.25) is 0 Å². The van der Waals surface area contributed by atoms with Gasteiger partial charge in [-0.15, -0.1) is 0 Å². The number of aromatic carboxylic acids is 1. The molecule has 1 aromatic heterocycles. The van der Waals surface area contributed by atoms with Gasteiger partial charge >= 0.3 is 12.1 Å². The molecular weight excluding hydrogens is 359 g/mol. The number of ether oxygens (including phenoxy) is 1. The summed E-state index contributed by atoms with van der Waals surface area (Å²) in [5, 5.41) is 12.0. The molecule has 2 aromatic rings. The first kappa shape index (κ1) is 15.4. The summed E-state index contributed by atoms with van der Waals surface area (Å²) in [6.07, 6.45) is -4.64. The van der Waals surface area contributed by atoms with Crippen LogP contribution in [0.5, 0.6) is 5.75 Å². The second kappa shape index (κ2) is 5.40. The fourth-order valence-corrected chi connectivity index (χ4v) is 2.29. The minimum absolute atomic E-state index is 0.0231. The van der Waals surface area contributed by atoms with Gasteiger partial charge in [0.25, 0.3) is 0 Å². The predicted molar refractivity (Wildman–Crippen MR) is 68.2 cm³/mol. The molecule has 0 saturated heterocycles. The molecule has 21 heavy (non-hydrogen) atoms. The van der Waals surface area contributed by atoms with E-state index in [1.54, 1.807) is 0 Å². The molecule has 1 aromatic carbocycles. The minimum Gasteiger partial charge on any atom is -0.495 e. The van der Waals surface area contributed by atoms with Gasteiger partial charge in [-0.05, 0) is 28.1 Å². The van der Waals surface area contributed by atoms with Crippen LogP contribution in [0.4, 0.5) is 13.2 Å². The zero-order chi connectivity index (χ0) is 15.8. The van der Waals surface area contributed by atoms with Crippen LogP contribution in [-0.2, 0) is 6.18 Å².